The number of carbonyl (C=O) groups excluding carboxylic acids is 3. The average Bonchev–Trinajstić information content (AvgIpc) is 3.00. The first-order chi connectivity index (χ1) is 15.7. The van der Waals surface area contributed by atoms with Crippen LogP contribution in [0, 0.1) is 6.92 Å². The van der Waals surface area contributed by atoms with Gasteiger partial charge in [-0.1, -0.05) is 29.8 Å². The number of methoxy groups -OCH3 is 1. The second-order valence-electron chi connectivity index (χ2n) is 7.61. The zero-order valence-corrected chi connectivity index (χ0v) is 21.1. The smallest absolute Gasteiger partial charge is 0.326 e. The molecule has 174 valence electrons. The molecule has 0 radical (unpaired) electrons. The van der Waals surface area contributed by atoms with Crippen LogP contribution in [0.15, 0.2) is 45.8 Å². The second kappa shape index (κ2) is 10.9. The lowest BCUT2D eigenvalue weighted by Crippen LogP contribution is -2.35. The van der Waals surface area contributed by atoms with Gasteiger partial charge >= 0.3 is 5.97 Å². The number of imide groups is 1. The number of hydrogen-bond acceptors (Lipinski definition) is 7. The molecule has 1 fully saturated rings. The Morgan fingerprint density at radius 2 is 1.88 bits per heavy atom. The number of amides is 2. The average molecular weight is 534 g/mol. The predicted molar refractivity (Wildman–Crippen MR) is 130 cm³/mol. The lowest BCUT2D eigenvalue weighted by atomic mass is 10.1. The molecule has 0 bridgehead atoms. The van der Waals surface area contributed by atoms with E-state index in [1.807, 2.05) is 31.2 Å². The van der Waals surface area contributed by atoms with Crippen molar-refractivity contribution < 1.29 is 28.6 Å². The molecule has 0 spiro atoms. The number of ether oxygens (including phenoxy) is 3. The van der Waals surface area contributed by atoms with E-state index >= 15 is 0 Å². The van der Waals surface area contributed by atoms with Gasteiger partial charge < -0.3 is 14.2 Å². The van der Waals surface area contributed by atoms with Crippen LogP contribution in [0.5, 0.6) is 11.5 Å². The van der Waals surface area contributed by atoms with Gasteiger partial charge in [0.1, 0.15) is 13.2 Å². The van der Waals surface area contributed by atoms with Gasteiger partial charge in [0, 0.05) is 0 Å². The molecule has 2 aromatic rings. The standard InChI is InChI=1S/C24H24BrNO6S/c1-14(2)32-21(27)12-26-23(28)20(33-24(26)29)11-17-9-18(25)22(19(10-17)30-4)31-13-16-7-5-15(3)6-8-16/h5-11,14H,12-13H2,1-4H3/b20-11+. The molecule has 0 unspecified atom stereocenters. The molecule has 7 nitrogen and oxygen atoms in total. The van der Waals surface area contributed by atoms with Crippen LogP contribution in [0.25, 0.3) is 6.08 Å². The van der Waals surface area contributed by atoms with E-state index in [-0.39, 0.29) is 11.0 Å². The molecule has 2 amide bonds. The van der Waals surface area contributed by atoms with Crippen molar-refractivity contribution in [2.24, 2.45) is 0 Å². The molecule has 1 aliphatic heterocycles. The molecule has 0 aromatic heterocycles. The van der Waals surface area contributed by atoms with Crippen LogP contribution in [0.2, 0.25) is 0 Å². The van der Waals surface area contributed by atoms with Gasteiger partial charge in [-0.3, -0.25) is 19.3 Å². The largest absolute Gasteiger partial charge is 0.493 e. The fourth-order valence-electron chi connectivity index (χ4n) is 3.02. The zero-order valence-electron chi connectivity index (χ0n) is 18.7. The van der Waals surface area contributed by atoms with E-state index in [1.54, 1.807) is 32.1 Å². The van der Waals surface area contributed by atoms with Gasteiger partial charge in [0.25, 0.3) is 11.1 Å². The van der Waals surface area contributed by atoms with E-state index < -0.39 is 23.7 Å². The van der Waals surface area contributed by atoms with Crippen LogP contribution in [-0.2, 0) is 20.9 Å². The highest BCUT2D eigenvalue weighted by atomic mass is 79.9. The van der Waals surface area contributed by atoms with Crippen molar-refractivity contribution in [1.82, 2.24) is 4.90 Å². The monoisotopic (exact) mass is 533 g/mol. The maximum Gasteiger partial charge on any atom is 0.326 e. The molecule has 0 aliphatic carbocycles. The SMILES string of the molecule is COc1cc(/C=C2/SC(=O)N(CC(=O)OC(C)C)C2=O)cc(Br)c1OCc1ccc(C)cc1. The molecule has 0 N–H and O–H groups in total. The zero-order chi connectivity index (χ0) is 24.1. The molecule has 1 heterocycles. The molecule has 2 aromatic carbocycles. The minimum absolute atomic E-state index is 0.208. The number of thioether (sulfide) groups is 1. The van der Waals surface area contributed by atoms with E-state index in [2.05, 4.69) is 15.9 Å². The van der Waals surface area contributed by atoms with E-state index in [0.29, 0.717) is 28.1 Å². The van der Waals surface area contributed by atoms with Gasteiger partial charge in [-0.15, -0.1) is 0 Å². The molecule has 0 atom stereocenters. The Bertz CT molecular complexity index is 1100. The van der Waals surface area contributed by atoms with Crippen molar-refractivity contribution in [2.75, 3.05) is 13.7 Å². The molecule has 33 heavy (non-hydrogen) atoms. The summed E-state index contributed by atoms with van der Waals surface area (Å²) in [5.41, 5.74) is 2.82. The maximum absolute atomic E-state index is 12.7. The number of rotatable bonds is 8. The molecule has 1 aliphatic rings. The summed E-state index contributed by atoms with van der Waals surface area (Å²) >= 11 is 4.28. The maximum atomic E-state index is 12.7. The van der Waals surface area contributed by atoms with Gasteiger partial charge in [-0.05, 0) is 77.8 Å². The van der Waals surface area contributed by atoms with Gasteiger partial charge in [-0.2, -0.15) is 0 Å². The normalized spacial score (nSPS) is 14.8. The summed E-state index contributed by atoms with van der Waals surface area (Å²) < 4.78 is 17.1. The third kappa shape index (κ3) is 6.39. The molecule has 3 rings (SSSR count). The molecular formula is C24H24BrNO6S. The Hall–Kier alpha value is -2.78. The van der Waals surface area contributed by atoms with Crippen LogP contribution in [0.3, 0.4) is 0 Å². The van der Waals surface area contributed by atoms with Gasteiger partial charge in [-0.25, -0.2) is 0 Å². The highest BCUT2D eigenvalue weighted by molar-refractivity contribution is 9.10. The summed E-state index contributed by atoms with van der Waals surface area (Å²) in [5, 5.41) is -0.518. The third-order valence-corrected chi connectivity index (χ3v) is 6.08. The summed E-state index contributed by atoms with van der Waals surface area (Å²) in [6, 6.07) is 11.5. The summed E-state index contributed by atoms with van der Waals surface area (Å²) in [4.78, 5) is 37.9. The van der Waals surface area contributed by atoms with Crippen molar-refractivity contribution in [3.05, 3.63) is 62.5 Å². The lowest BCUT2D eigenvalue weighted by Gasteiger charge is -2.14. The lowest BCUT2D eigenvalue weighted by molar-refractivity contribution is -0.149. The highest BCUT2D eigenvalue weighted by Crippen LogP contribution is 2.39. The Labute approximate surface area is 205 Å². The first-order valence-corrected chi connectivity index (χ1v) is 11.8. The summed E-state index contributed by atoms with van der Waals surface area (Å²) in [6.07, 6.45) is 1.25. The molecule has 0 saturated carbocycles. The molecule has 9 heteroatoms. The number of benzene rings is 2. The van der Waals surface area contributed by atoms with E-state index in [4.69, 9.17) is 14.2 Å². The first kappa shape index (κ1) is 24.9. The predicted octanol–water partition coefficient (Wildman–Crippen LogP) is 5.33. The van der Waals surface area contributed by atoms with Crippen LogP contribution in [0.4, 0.5) is 4.79 Å². The topological polar surface area (TPSA) is 82.1 Å². The minimum Gasteiger partial charge on any atom is -0.493 e. The van der Waals surface area contributed by atoms with Crippen molar-refractivity contribution in [1.29, 1.82) is 0 Å². The second-order valence-corrected chi connectivity index (χ2v) is 9.46. The van der Waals surface area contributed by atoms with Crippen LogP contribution in [0.1, 0.15) is 30.5 Å². The number of nitrogens with zero attached hydrogens (tertiary/aromatic N) is 1. The van der Waals surface area contributed by atoms with Gasteiger partial charge in [0.15, 0.2) is 11.5 Å². The Morgan fingerprint density at radius 3 is 2.52 bits per heavy atom. The Balaban J connectivity index is 1.77. The van der Waals surface area contributed by atoms with E-state index in [0.717, 1.165) is 22.2 Å². The van der Waals surface area contributed by atoms with Crippen molar-refractivity contribution in [2.45, 2.75) is 33.5 Å². The van der Waals surface area contributed by atoms with Gasteiger partial charge in [0.05, 0.1) is 22.6 Å². The molecular weight excluding hydrogens is 510 g/mol. The first-order valence-electron chi connectivity index (χ1n) is 10.2. The Kier molecular flexibility index (Phi) is 8.20. The fraction of sp³-hybridized carbons (Fsp3) is 0.292. The number of aryl methyl sites for hydroxylation is 1. The summed E-state index contributed by atoms with van der Waals surface area (Å²) in [7, 11) is 1.53. The van der Waals surface area contributed by atoms with E-state index in [1.165, 1.54) is 12.7 Å². The van der Waals surface area contributed by atoms with E-state index in [9.17, 15) is 14.4 Å². The fourth-order valence-corrected chi connectivity index (χ4v) is 4.43. The highest BCUT2D eigenvalue weighted by Gasteiger charge is 2.36. The van der Waals surface area contributed by atoms with Crippen molar-refractivity contribution in [3.8, 4) is 11.5 Å². The third-order valence-electron chi connectivity index (χ3n) is 4.58. The van der Waals surface area contributed by atoms with Crippen LogP contribution >= 0.6 is 27.7 Å². The van der Waals surface area contributed by atoms with Crippen LogP contribution in [-0.4, -0.2) is 41.8 Å². The van der Waals surface area contributed by atoms with Crippen molar-refractivity contribution in [3.63, 3.8) is 0 Å². The molecule has 1 saturated heterocycles. The Morgan fingerprint density at radius 1 is 1.18 bits per heavy atom. The number of carbonyl (C=O) groups is 3. The summed E-state index contributed by atoms with van der Waals surface area (Å²) in [5.74, 6) is -0.171. The quantitative estimate of drug-likeness (QED) is 0.334. The van der Waals surface area contributed by atoms with Crippen LogP contribution < -0.4 is 9.47 Å². The summed E-state index contributed by atoms with van der Waals surface area (Å²) in [6.45, 7) is 5.37. The number of hydrogen-bond donors (Lipinski definition) is 0. The van der Waals surface area contributed by atoms with Gasteiger partial charge in [0.2, 0.25) is 0 Å². The number of halogens is 1. The number of esters is 1. The minimum atomic E-state index is -0.631. The van der Waals surface area contributed by atoms with Crippen molar-refractivity contribution >= 4 is 50.9 Å².